The minimum absolute atomic E-state index is 0.0104. The number of fused-ring (bicyclic) bond motifs is 3. The molecule has 0 aliphatic heterocycles. The van der Waals surface area contributed by atoms with Crippen LogP contribution in [0.25, 0.3) is 17.1 Å². The maximum atomic E-state index is 13.5. The van der Waals surface area contributed by atoms with Crippen molar-refractivity contribution in [1.82, 2.24) is 14.8 Å². The summed E-state index contributed by atoms with van der Waals surface area (Å²) in [6, 6.07) is 9.92. The summed E-state index contributed by atoms with van der Waals surface area (Å²) in [6.45, 7) is 0. The first-order chi connectivity index (χ1) is 12.7. The van der Waals surface area contributed by atoms with Crippen LogP contribution in [-0.4, -0.2) is 29.4 Å². The summed E-state index contributed by atoms with van der Waals surface area (Å²) < 4.78 is 64.9. The molecule has 0 atom stereocenters. The van der Waals surface area contributed by atoms with E-state index in [0.29, 0.717) is 17.7 Å². The monoisotopic (exact) mass is 393 g/mol. The molecule has 0 amide bonds. The summed E-state index contributed by atoms with van der Waals surface area (Å²) in [7, 11) is -3.46. The van der Waals surface area contributed by atoms with Crippen molar-refractivity contribution in [3.8, 4) is 17.1 Å². The van der Waals surface area contributed by atoms with Crippen molar-refractivity contribution in [2.75, 3.05) is 6.26 Å². The summed E-state index contributed by atoms with van der Waals surface area (Å²) in [5.74, 6) is 0.130. The molecule has 1 aromatic carbocycles. The van der Waals surface area contributed by atoms with Gasteiger partial charge in [-0.15, -0.1) is 0 Å². The Labute approximate surface area is 153 Å². The van der Waals surface area contributed by atoms with Gasteiger partial charge in [0.1, 0.15) is 0 Å². The van der Waals surface area contributed by atoms with E-state index in [1.807, 2.05) is 12.1 Å². The molecule has 140 valence electrons. The molecule has 4 rings (SSSR count). The third-order valence-corrected chi connectivity index (χ3v) is 5.63. The molecular weight excluding hydrogens is 379 g/mol. The van der Waals surface area contributed by atoms with E-state index in [4.69, 9.17) is 0 Å². The lowest BCUT2D eigenvalue weighted by molar-refractivity contribution is -0.141. The van der Waals surface area contributed by atoms with Crippen molar-refractivity contribution in [2.24, 2.45) is 0 Å². The van der Waals surface area contributed by atoms with Gasteiger partial charge in [-0.25, -0.2) is 18.1 Å². The van der Waals surface area contributed by atoms with Crippen molar-refractivity contribution in [2.45, 2.75) is 23.9 Å². The summed E-state index contributed by atoms with van der Waals surface area (Å²) in [5, 5.41) is 3.80. The van der Waals surface area contributed by atoms with E-state index < -0.39 is 21.7 Å². The van der Waals surface area contributed by atoms with Gasteiger partial charge in [0.15, 0.2) is 21.3 Å². The number of sulfone groups is 1. The van der Waals surface area contributed by atoms with Crippen LogP contribution in [0.3, 0.4) is 0 Å². The van der Waals surface area contributed by atoms with Crippen LogP contribution >= 0.6 is 0 Å². The number of aryl methyl sites for hydroxylation is 1. The van der Waals surface area contributed by atoms with Gasteiger partial charge in [-0.05, 0) is 30.5 Å². The fourth-order valence-corrected chi connectivity index (χ4v) is 3.86. The number of nitrogens with zero attached hydrogens (tertiary/aromatic N) is 3. The number of pyridine rings is 1. The Morgan fingerprint density at radius 1 is 1.07 bits per heavy atom. The predicted molar refractivity (Wildman–Crippen MR) is 92.3 cm³/mol. The Hall–Kier alpha value is -2.68. The Bertz CT molecular complexity index is 1130. The van der Waals surface area contributed by atoms with Crippen molar-refractivity contribution in [1.29, 1.82) is 0 Å². The highest BCUT2D eigenvalue weighted by Crippen LogP contribution is 2.41. The molecule has 0 spiro atoms. The minimum atomic E-state index is -4.59. The number of alkyl halides is 3. The number of aromatic nitrogens is 3. The Balaban J connectivity index is 1.96. The van der Waals surface area contributed by atoms with Crippen molar-refractivity contribution in [3.05, 3.63) is 59.4 Å². The van der Waals surface area contributed by atoms with E-state index in [0.717, 1.165) is 22.7 Å². The zero-order valence-electron chi connectivity index (χ0n) is 14.2. The van der Waals surface area contributed by atoms with E-state index in [1.54, 1.807) is 12.1 Å². The van der Waals surface area contributed by atoms with Gasteiger partial charge in [0.25, 0.3) is 0 Å². The second-order valence-corrected chi connectivity index (χ2v) is 8.38. The number of rotatable bonds is 2. The molecule has 27 heavy (non-hydrogen) atoms. The fraction of sp³-hybridized carbons (Fsp3) is 0.222. The highest BCUT2D eigenvalue weighted by Gasteiger charge is 2.40. The quantitative estimate of drug-likeness (QED) is 0.669. The second kappa shape index (κ2) is 5.91. The maximum Gasteiger partial charge on any atom is 0.435 e. The molecule has 0 radical (unpaired) electrons. The molecular formula is C18H14F3N3O2S. The van der Waals surface area contributed by atoms with Crippen LogP contribution in [0.4, 0.5) is 13.2 Å². The molecule has 0 N–H and O–H groups in total. The third-order valence-electron chi connectivity index (χ3n) is 4.53. The van der Waals surface area contributed by atoms with E-state index >= 15 is 0 Å². The average molecular weight is 393 g/mol. The standard InChI is InChI=1S/C18H14F3N3O2S/c1-27(25,26)12-7-9-15(22-10-12)24-16-13-5-3-2-4-11(13)6-8-14(16)17(23-24)18(19,20)21/h2-5,7,9-10H,6,8H2,1H3. The Kier molecular flexibility index (Phi) is 3.88. The summed E-state index contributed by atoms with van der Waals surface area (Å²) in [4.78, 5) is 4.04. The van der Waals surface area contributed by atoms with Crippen molar-refractivity contribution in [3.63, 3.8) is 0 Å². The van der Waals surface area contributed by atoms with Crippen LogP contribution in [0.5, 0.6) is 0 Å². The smallest absolute Gasteiger partial charge is 0.236 e. The Morgan fingerprint density at radius 3 is 2.44 bits per heavy atom. The van der Waals surface area contributed by atoms with Crippen LogP contribution in [0.2, 0.25) is 0 Å². The number of hydrogen-bond donors (Lipinski definition) is 0. The van der Waals surface area contributed by atoms with Gasteiger partial charge in [0, 0.05) is 23.6 Å². The van der Waals surface area contributed by atoms with Gasteiger partial charge in [0.2, 0.25) is 0 Å². The molecule has 1 aliphatic rings. The van der Waals surface area contributed by atoms with Gasteiger partial charge >= 0.3 is 6.18 Å². The molecule has 5 nitrogen and oxygen atoms in total. The minimum Gasteiger partial charge on any atom is -0.236 e. The molecule has 0 fully saturated rings. The molecule has 0 bridgehead atoms. The van der Waals surface area contributed by atoms with Crippen LogP contribution in [0.1, 0.15) is 16.8 Å². The third kappa shape index (κ3) is 3.01. The first kappa shape index (κ1) is 17.7. The molecule has 0 saturated heterocycles. The first-order valence-electron chi connectivity index (χ1n) is 8.10. The second-order valence-electron chi connectivity index (χ2n) is 6.37. The zero-order valence-corrected chi connectivity index (χ0v) is 15.0. The molecule has 2 aromatic heterocycles. The van der Waals surface area contributed by atoms with Crippen molar-refractivity contribution >= 4 is 9.84 Å². The highest BCUT2D eigenvalue weighted by atomic mass is 32.2. The van der Waals surface area contributed by atoms with Gasteiger partial charge in [-0.2, -0.15) is 18.3 Å². The van der Waals surface area contributed by atoms with Gasteiger partial charge in [-0.1, -0.05) is 24.3 Å². The molecule has 3 aromatic rings. The van der Waals surface area contributed by atoms with E-state index in [-0.39, 0.29) is 22.7 Å². The lowest BCUT2D eigenvalue weighted by atomic mass is 9.89. The van der Waals surface area contributed by atoms with E-state index in [1.165, 1.54) is 12.1 Å². The van der Waals surface area contributed by atoms with Gasteiger partial charge < -0.3 is 0 Å². The molecule has 2 heterocycles. The first-order valence-corrected chi connectivity index (χ1v) is 9.99. The predicted octanol–water partition coefficient (Wildman–Crippen LogP) is 3.46. The van der Waals surface area contributed by atoms with Crippen LogP contribution in [0.15, 0.2) is 47.5 Å². The molecule has 9 heteroatoms. The SMILES string of the molecule is CS(=O)(=O)c1ccc(-n2nc(C(F)(F)F)c3c2-c2ccccc2CC3)nc1. The Morgan fingerprint density at radius 2 is 1.81 bits per heavy atom. The van der Waals surface area contributed by atoms with E-state index in [2.05, 4.69) is 10.1 Å². The highest BCUT2D eigenvalue weighted by molar-refractivity contribution is 7.90. The van der Waals surface area contributed by atoms with E-state index in [9.17, 15) is 21.6 Å². The van der Waals surface area contributed by atoms with Crippen LogP contribution in [-0.2, 0) is 28.9 Å². The van der Waals surface area contributed by atoms with Crippen LogP contribution < -0.4 is 0 Å². The molecule has 1 aliphatic carbocycles. The van der Waals surface area contributed by atoms with Gasteiger partial charge in [0.05, 0.1) is 10.6 Å². The van der Waals surface area contributed by atoms with Crippen molar-refractivity contribution < 1.29 is 21.6 Å². The number of hydrogen-bond acceptors (Lipinski definition) is 4. The topological polar surface area (TPSA) is 64.8 Å². The summed E-state index contributed by atoms with van der Waals surface area (Å²) in [5.41, 5.74) is 1.17. The fourth-order valence-electron chi connectivity index (χ4n) is 3.30. The summed E-state index contributed by atoms with van der Waals surface area (Å²) >= 11 is 0. The zero-order chi connectivity index (χ0) is 19.4. The lowest BCUT2D eigenvalue weighted by Gasteiger charge is -2.18. The number of halogens is 3. The largest absolute Gasteiger partial charge is 0.435 e. The molecule has 0 saturated carbocycles. The molecule has 0 unspecified atom stereocenters. The average Bonchev–Trinajstić information content (AvgIpc) is 3.01. The van der Waals surface area contributed by atoms with Crippen LogP contribution in [0, 0.1) is 0 Å². The lowest BCUT2D eigenvalue weighted by Crippen LogP contribution is -2.11. The van der Waals surface area contributed by atoms with Gasteiger partial charge in [-0.3, -0.25) is 0 Å². The normalized spacial score (nSPS) is 13.9. The number of benzene rings is 1. The summed E-state index contributed by atoms with van der Waals surface area (Å²) in [6.07, 6.45) is -1.70. The maximum absolute atomic E-state index is 13.5.